The van der Waals surface area contributed by atoms with E-state index in [1.165, 1.54) is 11.1 Å². The van der Waals surface area contributed by atoms with Crippen LogP contribution in [0.2, 0.25) is 5.02 Å². The Hall–Kier alpha value is -3.22. The zero-order chi connectivity index (χ0) is 24.5. The number of methoxy groups -OCH3 is 1. The first-order valence-electron chi connectivity index (χ1n) is 12.5. The third-order valence-corrected chi connectivity index (χ3v) is 7.72. The highest BCUT2D eigenvalue weighted by atomic mass is 35.5. The number of ether oxygens (including phenoxy) is 3. The van der Waals surface area contributed by atoms with Gasteiger partial charge in [0.2, 0.25) is 6.79 Å². The third kappa shape index (κ3) is 4.63. The Balaban J connectivity index is 1.16. The van der Waals surface area contributed by atoms with Gasteiger partial charge in [-0.1, -0.05) is 41.9 Å². The predicted molar refractivity (Wildman–Crippen MR) is 141 cm³/mol. The van der Waals surface area contributed by atoms with Crippen LogP contribution in [0.15, 0.2) is 60.7 Å². The summed E-state index contributed by atoms with van der Waals surface area (Å²) in [5.74, 6) is 4.19. The molecule has 186 valence electrons. The molecule has 6 rings (SSSR count). The van der Waals surface area contributed by atoms with Crippen LogP contribution >= 0.6 is 11.6 Å². The normalized spacial score (nSPS) is 16.1. The van der Waals surface area contributed by atoms with E-state index < -0.39 is 0 Å². The van der Waals surface area contributed by atoms with Gasteiger partial charge < -0.3 is 18.8 Å². The maximum atomic E-state index is 6.53. The molecule has 0 atom stereocenters. The van der Waals surface area contributed by atoms with Gasteiger partial charge in [-0.2, -0.15) is 0 Å². The molecule has 6 nitrogen and oxygen atoms in total. The van der Waals surface area contributed by atoms with E-state index in [-0.39, 0.29) is 6.79 Å². The first kappa shape index (κ1) is 23.2. The zero-order valence-electron chi connectivity index (χ0n) is 20.5. The molecule has 4 aromatic rings. The van der Waals surface area contributed by atoms with Gasteiger partial charge in [-0.25, -0.2) is 4.98 Å². The van der Waals surface area contributed by atoms with Gasteiger partial charge in [0.25, 0.3) is 0 Å². The molecule has 0 bridgehead atoms. The molecule has 2 aliphatic heterocycles. The summed E-state index contributed by atoms with van der Waals surface area (Å²) in [6.45, 7) is 3.93. The number of para-hydroxylation sites is 3. The lowest BCUT2D eigenvalue weighted by Crippen LogP contribution is -2.34. The zero-order valence-corrected chi connectivity index (χ0v) is 21.2. The van der Waals surface area contributed by atoms with Crippen LogP contribution in [0.25, 0.3) is 11.0 Å². The number of imidazole rings is 1. The average molecular weight is 504 g/mol. The molecule has 0 saturated carbocycles. The van der Waals surface area contributed by atoms with Gasteiger partial charge >= 0.3 is 0 Å². The number of piperidine rings is 1. The molecular formula is C29H30ClN3O3. The molecule has 0 unspecified atom stereocenters. The monoisotopic (exact) mass is 503 g/mol. The van der Waals surface area contributed by atoms with E-state index in [1.54, 1.807) is 7.11 Å². The van der Waals surface area contributed by atoms with Gasteiger partial charge in [0.05, 0.1) is 24.7 Å². The number of hydrogen-bond acceptors (Lipinski definition) is 5. The van der Waals surface area contributed by atoms with E-state index >= 15 is 0 Å². The van der Waals surface area contributed by atoms with E-state index in [2.05, 4.69) is 45.9 Å². The highest BCUT2D eigenvalue weighted by Gasteiger charge is 2.24. The van der Waals surface area contributed by atoms with Crippen molar-refractivity contribution in [2.75, 3.05) is 27.0 Å². The number of benzene rings is 3. The molecule has 1 saturated heterocycles. The lowest BCUT2D eigenvalue weighted by atomic mass is 9.93. The van der Waals surface area contributed by atoms with Gasteiger partial charge in [0.15, 0.2) is 11.5 Å². The molecule has 3 aromatic carbocycles. The van der Waals surface area contributed by atoms with E-state index in [9.17, 15) is 0 Å². The van der Waals surface area contributed by atoms with Crippen LogP contribution in [0.5, 0.6) is 17.2 Å². The third-order valence-electron chi connectivity index (χ3n) is 7.37. The average Bonchev–Trinajstić information content (AvgIpc) is 3.49. The van der Waals surface area contributed by atoms with Crippen molar-refractivity contribution in [2.24, 2.45) is 5.92 Å². The van der Waals surface area contributed by atoms with Crippen LogP contribution in [0.3, 0.4) is 0 Å². The topological polar surface area (TPSA) is 48.8 Å². The number of fused-ring (bicyclic) bond motifs is 2. The van der Waals surface area contributed by atoms with Crippen LogP contribution in [0.1, 0.15) is 29.8 Å². The minimum Gasteiger partial charge on any atom is -0.496 e. The molecule has 0 spiro atoms. The molecule has 0 radical (unpaired) electrons. The van der Waals surface area contributed by atoms with E-state index in [4.69, 9.17) is 30.8 Å². The SMILES string of the molecule is COc1ccccc1Cn1c(CC2CCN(Cc3cc4c(cc3Cl)OCO4)CC2)nc2ccccc21. The predicted octanol–water partition coefficient (Wildman–Crippen LogP) is 5.93. The summed E-state index contributed by atoms with van der Waals surface area (Å²) in [5.41, 5.74) is 4.49. The van der Waals surface area contributed by atoms with Crippen molar-refractivity contribution < 1.29 is 14.2 Å². The number of nitrogens with zero attached hydrogens (tertiary/aromatic N) is 3. The van der Waals surface area contributed by atoms with Gasteiger partial charge in [0.1, 0.15) is 11.6 Å². The van der Waals surface area contributed by atoms with Gasteiger partial charge in [0, 0.05) is 29.6 Å². The van der Waals surface area contributed by atoms with Crippen molar-refractivity contribution >= 4 is 22.6 Å². The number of hydrogen-bond donors (Lipinski definition) is 0. The molecular weight excluding hydrogens is 474 g/mol. The standard InChI is InChI=1S/C29H30ClN3O3/c1-34-26-9-5-2-6-21(26)18-33-25-8-4-3-7-24(25)31-29(33)14-20-10-12-32(13-11-20)17-22-15-27-28(16-23(22)30)36-19-35-27/h2-9,15-16,20H,10-14,17-19H2,1H3. The van der Waals surface area contributed by atoms with Crippen molar-refractivity contribution in [1.82, 2.24) is 14.5 Å². The lowest BCUT2D eigenvalue weighted by molar-refractivity contribution is 0.172. The lowest BCUT2D eigenvalue weighted by Gasteiger charge is -2.32. The molecule has 0 amide bonds. The summed E-state index contributed by atoms with van der Waals surface area (Å²) in [4.78, 5) is 7.54. The largest absolute Gasteiger partial charge is 0.496 e. The minimum absolute atomic E-state index is 0.266. The molecule has 0 aliphatic carbocycles. The maximum Gasteiger partial charge on any atom is 0.231 e. The van der Waals surface area contributed by atoms with E-state index in [0.717, 1.165) is 84.6 Å². The summed E-state index contributed by atoms with van der Waals surface area (Å²) in [6.07, 6.45) is 3.25. The van der Waals surface area contributed by atoms with Crippen LogP contribution < -0.4 is 14.2 Å². The molecule has 3 heterocycles. The molecule has 1 fully saturated rings. The maximum absolute atomic E-state index is 6.53. The molecule has 0 N–H and O–H groups in total. The summed E-state index contributed by atoms with van der Waals surface area (Å²) < 4.78 is 19.0. The Bertz CT molecular complexity index is 1380. The van der Waals surface area contributed by atoms with Crippen LogP contribution in [-0.2, 0) is 19.5 Å². The Labute approximate surface area is 216 Å². The van der Waals surface area contributed by atoms with Gasteiger partial charge in [-0.3, -0.25) is 4.90 Å². The summed E-state index contributed by atoms with van der Waals surface area (Å²) in [6, 6.07) is 20.6. The summed E-state index contributed by atoms with van der Waals surface area (Å²) in [5, 5.41) is 0.742. The number of rotatable bonds is 7. The second-order valence-corrected chi connectivity index (χ2v) is 10.0. The quantitative estimate of drug-likeness (QED) is 0.313. The number of likely N-dealkylation sites (tertiary alicyclic amines) is 1. The van der Waals surface area contributed by atoms with Gasteiger partial charge in [-0.15, -0.1) is 0 Å². The summed E-state index contributed by atoms with van der Waals surface area (Å²) in [7, 11) is 1.73. The fraction of sp³-hybridized carbons (Fsp3) is 0.345. The van der Waals surface area contributed by atoms with E-state index in [0.29, 0.717) is 5.92 Å². The van der Waals surface area contributed by atoms with Crippen LogP contribution in [0.4, 0.5) is 0 Å². The van der Waals surface area contributed by atoms with Crippen molar-refractivity contribution in [3.63, 3.8) is 0 Å². The highest BCUT2D eigenvalue weighted by Crippen LogP contribution is 2.37. The fourth-order valence-corrected chi connectivity index (χ4v) is 5.60. The van der Waals surface area contributed by atoms with Crippen LogP contribution in [-0.4, -0.2) is 41.4 Å². The van der Waals surface area contributed by atoms with Crippen molar-refractivity contribution in [1.29, 1.82) is 0 Å². The Morgan fingerprint density at radius 3 is 2.53 bits per heavy atom. The molecule has 36 heavy (non-hydrogen) atoms. The van der Waals surface area contributed by atoms with Crippen molar-refractivity contribution in [3.05, 3.63) is 82.6 Å². The second kappa shape index (κ2) is 10.0. The first-order chi connectivity index (χ1) is 17.7. The van der Waals surface area contributed by atoms with Gasteiger partial charge in [-0.05, 0) is 61.7 Å². The minimum atomic E-state index is 0.266. The highest BCUT2D eigenvalue weighted by molar-refractivity contribution is 6.31. The number of halogens is 1. The Morgan fingerprint density at radius 2 is 1.69 bits per heavy atom. The van der Waals surface area contributed by atoms with Crippen LogP contribution in [0, 0.1) is 5.92 Å². The van der Waals surface area contributed by atoms with E-state index in [1.807, 2.05) is 24.3 Å². The summed E-state index contributed by atoms with van der Waals surface area (Å²) >= 11 is 6.53. The molecule has 7 heteroatoms. The van der Waals surface area contributed by atoms with Crippen molar-refractivity contribution in [2.45, 2.75) is 32.4 Å². The Kier molecular flexibility index (Phi) is 6.46. The smallest absolute Gasteiger partial charge is 0.231 e. The fourth-order valence-electron chi connectivity index (χ4n) is 5.39. The number of aromatic nitrogens is 2. The van der Waals surface area contributed by atoms with Crippen molar-refractivity contribution in [3.8, 4) is 17.2 Å². The second-order valence-electron chi connectivity index (χ2n) is 9.64. The first-order valence-corrected chi connectivity index (χ1v) is 12.9. The Morgan fingerprint density at radius 1 is 0.944 bits per heavy atom. The molecule has 2 aliphatic rings. The molecule has 1 aromatic heterocycles.